The minimum Gasteiger partial charge on any atom is -0.299 e. The lowest BCUT2D eigenvalue weighted by Crippen LogP contribution is -2.30. The highest BCUT2D eigenvalue weighted by atomic mass is 32.1. The van der Waals surface area contributed by atoms with Crippen LogP contribution < -0.4 is 4.90 Å². The van der Waals surface area contributed by atoms with Gasteiger partial charge in [-0.3, -0.25) is 14.4 Å². The molecule has 2 rings (SSSR count). The number of Topliss-reactive ketones (excluding diaryl/α,β-unsaturated/α-hetero) is 1. The third kappa shape index (κ3) is 5.20. The number of thiol groups is 1. The molecule has 0 aromatic heterocycles. The maximum Gasteiger partial charge on any atom is 0.247 e. The number of nitrogens with zero attached hydrogens (tertiary/aromatic N) is 1. The lowest BCUT2D eigenvalue weighted by atomic mass is 10.0. The van der Waals surface area contributed by atoms with Gasteiger partial charge in [-0.15, -0.1) is 0 Å². The number of hydrogen-bond acceptors (Lipinski definition) is 4. The number of carbonyl (C=O) groups excluding carboxylic acids is 3. The van der Waals surface area contributed by atoms with E-state index in [0.29, 0.717) is 12.1 Å². The van der Waals surface area contributed by atoms with Gasteiger partial charge in [-0.1, -0.05) is 39.8 Å². The molecule has 1 aromatic carbocycles. The Morgan fingerprint density at radius 1 is 1.21 bits per heavy atom. The first-order valence-corrected chi connectivity index (χ1v) is 9.08. The van der Waals surface area contributed by atoms with Gasteiger partial charge < -0.3 is 0 Å². The Labute approximate surface area is 150 Å². The van der Waals surface area contributed by atoms with E-state index in [-0.39, 0.29) is 29.9 Å². The van der Waals surface area contributed by atoms with Gasteiger partial charge in [0.15, 0.2) is 0 Å². The Hall–Kier alpha value is -1.62. The summed E-state index contributed by atoms with van der Waals surface area (Å²) < 4.78 is 0. The van der Waals surface area contributed by atoms with Gasteiger partial charge in [-0.05, 0) is 30.5 Å². The predicted molar refractivity (Wildman–Crippen MR) is 100 cm³/mol. The second-order valence-corrected chi connectivity index (χ2v) is 6.55. The van der Waals surface area contributed by atoms with Crippen molar-refractivity contribution in [2.45, 2.75) is 58.6 Å². The van der Waals surface area contributed by atoms with Gasteiger partial charge in [0, 0.05) is 18.8 Å². The van der Waals surface area contributed by atoms with Gasteiger partial charge in [0.2, 0.25) is 11.8 Å². The third-order valence-corrected chi connectivity index (χ3v) is 4.25. The molecule has 0 aliphatic carbocycles. The molecule has 1 fully saturated rings. The standard InChI is InChI=1S/C17H21NO3S.C2H6/c1-11(2)14(19)5-3-4-12-6-8-13(9-7-12)18-16(20)10-15(22)17(18)21;1-2/h6-9,11,15,22H,3-5,10H2,1-2H3;1-2H3. The van der Waals surface area contributed by atoms with Gasteiger partial charge in [-0.25, -0.2) is 4.90 Å². The van der Waals surface area contributed by atoms with Crippen LogP contribution >= 0.6 is 12.6 Å². The maximum absolute atomic E-state index is 11.9. The van der Waals surface area contributed by atoms with E-state index >= 15 is 0 Å². The summed E-state index contributed by atoms with van der Waals surface area (Å²) in [5.41, 5.74) is 1.69. The molecular formula is C19H27NO3S. The van der Waals surface area contributed by atoms with E-state index < -0.39 is 5.25 Å². The van der Waals surface area contributed by atoms with Crippen molar-refractivity contribution in [3.63, 3.8) is 0 Å². The van der Waals surface area contributed by atoms with Crippen molar-refractivity contribution >= 4 is 35.9 Å². The molecule has 2 amide bonds. The molecule has 4 nitrogen and oxygen atoms in total. The van der Waals surface area contributed by atoms with Crippen molar-refractivity contribution in [3.8, 4) is 0 Å². The summed E-state index contributed by atoms with van der Waals surface area (Å²) >= 11 is 4.11. The molecule has 0 spiro atoms. The molecule has 0 N–H and O–H groups in total. The SMILES string of the molecule is CC.CC(C)C(=O)CCCc1ccc(N2C(=O)CC(S)C2=O)cc1. The van der Waals surface area contributed by atoms with E-state index in [9.17, 15) is 14.4 Å². The third-order valence-electron chi connectivity index (χ3n) is 3.85. The fourth-order valence-electron chi connectivity index (χ4n) is 2.45. The van der Waals surface area contributed by atoms with E-state index in [2.05, 4.69) is 12.6 Å². The lowest BCUT2D eigenvalue weighted by Gasteiger charge is -2.14. The van der Waals surface area contributed by atoms with E-state index in [1.165, 1.54) is 4.90 Å². The number of anilines is 1. The van der Waals surface area contributed by atoms with Crippen LogP contribution in [0.5, 0.6) is 0 Å². The van der Waals surface area contributed by atoms with E-state index in [4.69, 9.17) is 0 Å². The minimum absolute atomic E-state index is 0.0868. The van der Waals surface area contributed by atoms with E-state index in [1.807, 2.05) is 39.8 Å². The Morgan fingerprint density at radius 2 is 1.79 bits per heavy atom. The van der Waals surface area contributed by atoms with Crippen LogP contribution in [-0.4, -0.2) is 22.8 Å². The summed E-state index contributed by atoms with van der Waals surface area (Å²) in [5, 5.41) is -0.533. The number of aryl methyl sites for hydroxylation is 1. The summed E-state index contributed by atoms with van der Waals surface area (Å²) in [6.07, 6.45) is 2.37. The van der Waals surface area contributed by atoms with Crippen molar-refractivity contribution in [3.05, 3.63) is 29.8 Å². The van der Waals surface area contributed by atoms with Crippen LogP contribution in [0.2, 0.25) is 0 Å². The topological polar surface area (TPSA) is 54.5 Å². The molecule has 0 bridgehead atoms. The maximum atomic E-state index is 11.9. The van der Waals surface area contributed by atoms with Crippen LogP contribution in [-0.2, 0) is 20.8 Å². The zero-order chi connectivity index (χ0) is 18.3. The van der Waals surface area contributed by atoms with Crippen LogP contribution in [0.3, 0.4) is 0 Å². The van der Waals surface area contributed by atoms with Crippen molar-refractivity contribution < 1.29 is 14.4 Å². The number of carbonyl (C=O) groups is 3. The lowest BCUT2D eigenvalue weighted by molar-refractivity contribution is -0.122. The molecule has 24 heavy (non-hydrogen) atoms. The largest absolute Gasteiger partial charge is 0.299 e. The second-order valence-electron chi connectivity index (χ2n) is 5.93. The molecule has 0 saturated carbocycles. The number of benzene rings is 1. The van der Waals surface area contributed by atoms with Gasteiger partial charge in [0.25, 0.3) is 0 Å². The number of amides is 2. The summed E-state index contributed by atoms with van der Waals surface area (Å²) in [6, 6.07) is 7.37. The summed E-state index contributed by atoms with van der Waals surface area (Å²) in [4.78, 5) is 36.5. The average molecular weight is 349 g/mol. The van der Waals surface area contributed by atoms with Crippen LogP contribution in [0.4, 0.5) is 5.69 Å². The molecule has 0 radical (unpaired) electrons. The number of imide groups is 1. The molecule has 1 saturated heterocycles. The van der Waals surface area contributed by atoms with Gasteiger partial charge in [-0.2, -0.15) is 12.6 Å². The zero-order valence-corrected chi connectivity index (χ0v) is 15.8. The number of rotatable bonds is 6. The van der Waals surface area contributed by atoms with Crippen LogP contribution in [0, 0.1) is 5.92 Å². The fraction of sp³-hybridized carbons (Fsp3) is 0.526. The van der Waals surface area contributed by atoms with Crippen molar-refractivity contribution in [2.24, 2.45) is 5.92 Å². The normalized spacial score (nSPS) is 17.1. The summed E-state index contributed by atoms with van der Waals surface area (Å²) in [5.74, 6) is -0.0997. The van der Waals surface area contributed by atoms with Gasteiger partial charge in [0.1, 0.15) is 5.78 Å². The molecule has 132 valence electrons. The first-order valence-electron chi connectivity index (χ1n) is 8.56. The highest BCUT2D eigenvalue weighted by Crippen LogP contribution is 2.25. The van der Waals surface area contributed by atoms with E-state index in [1.54, 1.807) is 12.1 Å². The Kier molecular flexibility index (Phi) is 8.19. The monoisotopic (exact) mass is 349 g/mol. The highest BCUT2D eigenvalue weighted by molar-refractivity contribution is 7.82. The van der Waals surface area contributed by atoms with E-state index in [0.717, 1.165) is 18.4 Å². The molecule has 1 heterocycles. The Bertz CT molecular complexity index is 581. The molecule has 1 unspecified atom stereocenters. The van der Waals surface area contributed by atoms with Crippen LogP contribution in [0.1, 0.15) is 52.5 Å². The fourth-order valence-corrected chi connectivity index (χ4v) is 2.73. The van der Waals surface area contributed by atoms with Crippen molar-refractivity contribution in [2.75, 3.05) is 4.90 Å². The highest BCUT2D eigenvalue weighted by Gasteiger charge is 2.37. The molecule has 1 aromatic rings. The van der Waals surface area contributed by atoms with Crippen LogP contribution in [0.25, 0.3) is 0 Å². The Balaban J connectivity index is 0.00000139. The predicted octanol–water partition coefficient (Wildman–Crippen LogP) is 3.82. The summed E-state index contributed by atoms with van der Waals surface area (Å²) in [7, 11) is 0. The zero-order valence-electron chi connectivity index (χ0n) is 14.9. The molecule has 5 heteroatoms. The average Bonchev–Trinajstić information content (AvgIpc) is 2.82. The summed E-state index contributed by atoms with van der Waals surface area (Å²) in [6.45, 7) is 7.83. The first kappa shape index (κ1) is 20.4. The van der Waals surface area contributed by atoms with Crippen molar-refractivity contribution in [1.29, 1.82) is 0 Å². The minimum atomic E-state index is -0.533. The smallest absolute Gasteiger partial charge is 0.247 e. The van der Waals surface area contributed by atoms with Gasteiger partial charge >= 0.3 is 0 Å². The van der Waals surface area contributed by atoms with Gasteiger partial charge in [0.05, 0.1) is 10.9 Å². The van der Waals surface area contributed by atoms with Crippen molar-refractivity contribution in [1.82, 2.24) is 0 Å². The first-order chi connectivity index (χ1) is 11.4. The second kappa shape index (κ2) is 9.62. The number of ketones is 1. The molecule has 1 aliphatic rings. The molecule has 1 aliphatic heterocycles. The van der Waals surface area contributed by atoms with Crippen LogP contribution in [0.15, 0.2) is 24.3 Å². The quantitative estimate of drug-likeness (QED) is 0.627. The number of hydrogen-bond donors (Lipinski definition) is 1. The Morgan fingerprint density at radius 3 is 2.25 bits per heavy atom. The molecule has 1 atom stereocenters. The molecular weight excluding hydrogens is 322 g/mol.